The first-order valence-electron chi connectivity index (χ1n) is 7.31. The van der Waals surface area contributed by atoms with Crippen LogP contribution in [-0.2, 0) is 12.8 Å². The minimum Gasteiger partial charge on any atom is -0.339 e. The van der Waals surface area contributed by atoms with Gasteiger partial charge in [0.2, 0.25) is 5.89 Å². The topological polar surface area (TPSA) is 54.2 Å². The van der Waals surface area contributed by atoms with Gasteiger partial charge in [0, 0.05) is 26.1 Å². The van der Waals surface area contributed by atoms with Crippen LogP contribution in [0.4, 0.5) is 8.78 Å². The highest BCUT2D eigenvalue weighted by Gasteiger charge is 2.25. The van der Waals surface area contributed by atoms with Crippen molar-refractivity contribution in [2.24, 2.45) is 0 Å². The van der Waals surface area contributed by atoms with Gasteiger partial charge in [0.15, 0.2) is 5.82 Å². The average molecular weight is 308 g/mol. The lowest BCUT2D eigenvalue weighted by atomic mass is 10.1. The lowest BCUT2D eigenvalue weighted by Crippen LogP contribution is -2.44. The molecule has 7 heteroatoms. The fraction of sp³-hybridized carbons (Fsp3) is 0.467. The summed E-state index contributed by atoms with van der Waals surface area (Å²) in [6, 6.07) is 3.52. The summed E-state index contributed by atoms with van der Waals surface area (Å²) in [7, 11) is 2.02. The highest BCUT2D eigenvalue weighted by molar-refractivity contribution is 5.19. The molecule has 0 spiro atoms. The Balaban J connectivity index is 1.65. The molecule has 1 aromatic carbocycles. The van der Waals surface area contributed by atoms with E-state index in [4.69, 9.17) is 4.52 Å². The fourth-order valence-electron chi connectivity index (χ4n) is 2.58. The van der Waals surface area contributed by atoms with Gasteiger partial charge >= 0.3 is 0 Å². The summed E-state index contributed by atoms with van der Waals surface area (Å²) in [5.41, 5.74) is 0.316. The molecule has 2 heterocycles. The molecule has 2 aromatic rings. The van der Waals surface area contributed by atoms with Crippen LogP contribution in [-0.4, -0.2) is 41.7 Å². The van der Waals surface area contributed by atoms with Crippen LogP contribution in [0.5, 0.6) is 0 Å². The van der Waals surface area contributed by atoms with E-state index in [9.17, 15) is 8.78 Å². The number of piperazine rings is 1. The van der Waals surface area contributed by atoms with Crippen molar-refractivity contribution in [3.63, 3.8) is 0 Å². The van der Waals surface area contributed by atoms with Gasteiger partial charge < -0.3 is 9.84 Å². The quantitative estimate of drug-likeness (QED) is 0.932. The second-order valence-corrected chi connectivity index (χ2v) is 5.48. The number of hydrogen-bond acceptors (Lipinski definition) is 5. The molecule has 0 radical (unpaired) electrons. The monoisotopic (exact) mass is 308 g/mol. The molecule has 3 rings (SSSR count). The number of halogens is 2. The maximum Gasteiger partial charge on any atom is 0.227 e. The molecule has 1 saturated heterocycles. The van der Waals surface area contributed by atoms with Crippen LogP contribution < -0.4 is 5.32 Å². The smallest absolute Gasteiger partial charge is 0.227 e. The van der Waals surface area contributed by atoms with E-state index in [0.717, 1.165) is 31.8 Å². The first-order valence-corrected chi connectivity index (χ1v) is 7.31. The van der Waals surface area contributed by atoms with Gasteiger partial charge in [-0.05, 0) is 37.2 Å². The van der Waals surface area contributed by atoms with E-state index in [1.807, 2.05) is 7.05 Å². The Hall–Kier alpha value is -1.86. The lowest BCUT2D eigenvalue weighted by molar-refractivity contribution is 0.190. The average Bonchev–Trinajstić information content (AvgIpc) is 2.97. The van der Waals surface area contributed by atoms with Crippen LogP contribution >= 0.6 is 0 Å². The van der Waals surface area contributed by atoms with Crippen molar-refractivity contribution in [1.82, 2.24) is 20.4 Å². The number of aryl methyl sites for hydroxylation is 2. The third-order valence-corrected chi connectivity index (χ3v) is 3.91. The van der Waals surface area contributed by atoms with Gasteiger partial charge in [-0.15, -0.1) is 0 Å². The zero-order valence-corrected chi connectivity index (χ0v) is 12.4. The lowest BCUT2D eigenvalue weighted by Gasteiger charge is -2.30. The van der Waals surface area contributed by atoms with Crippen molar-refractivity contribution < 1.29 is 13.3 Å². The summed E-state index contributed by atoms with van der Waals surface area (Å²) in [4.78, 5) is 6.54. The summed E-state index contributed by atoms with van der Waals surface area (Å²) in [5.74, 6) is 0.205. The Morgan fingerprint density at radius 2 is 2.23 bits per heavy atom. The van der Waals surface area contributed by atoms with Crippen LogP contribution in [0.1, 0.15) is 23.3 Å². The minimum atomic E-state index is -0.447. The summed E-state index contributed by atoms with van der Waals surface area (Å²) < 4.78 is 31.9. The van der Waals surface area contributed by atoms with Crippen molar-refractivity contribution in [3.05, 3.63) is 47.1 Å². The highest BCUT2D eigenvalue weighted by atomic mass is 19.1. The SMILES string of the molecule is CN1CCNCC1c1noc(CCc2cc(F)ccc2F)n1. The van der Waals surface area contributed by atoms with Gasteiger partial charge in [-0.25, -0.2) is 8.78 Å². The molecule has 1 aromatic heterocycles. The van der Waals surface area contributed by atoms with Gasteiger partial charge in [0.25, 0.3) is 0 Å². The molecule has 0 amide bonds. The first kappa shape index (κ1) is 15.1. The van der Waals surface area contributed by atoms with Crippen LogP contribution in [0.25, 0.3) is 0 Å². The molecule has 118 valence electrons. The second-order valence-electron chi connectivity index (χ2n) is 5.48. The van der Waals surface area contributed by atoms with Crippen LogP contribution in [0.3, 0.4) is 0 Å². The van der Waals surface area contributed by atoms with Gasteiger partial charge in [-0.1, -0.05) is 5.16 Å². The molecular weight excluding hydrogens is 290 g/mol. The maximum absolute atomic E-state index is 13.6. The fourth-order valence-corrected chi connectivity index (χ4v) is 2.58. The molecule has 0 saturated carbocycles. The van der Waals surface area contributed by atoms with E-state index < -0.39 is 11.6 Å². The van der Waals surface area contributed by atoms with Crippen LogP contribution in [0.2, 0.25) is 0 Å². The van der Waals surface area contributed by atoms with Crippen molar-refractivity contribution in [2.75, 3.05) is 26.7 Å². The van der Waals surface area contributed by atoms with Crippen molar-refractivity contribution >= 4 is 0 Å². The zero-order chi connectivity index (χ0) is 15.5. The summed E-state index contributed by atoms with van der Waals surface area (Å²) in [5, 5.41) is 7.30. The molecule has 5 nitrogen and oxygen atoms in total. The highest BCUT2D eigenvalue weighted by Crippen LogP contribution is 2.18. The minimum absolute atomic E-state index is 0.0807. The van der Waals surface area contributed by atoms with Gasteiger partial charge in [0.1, 0.15) is 11.6 Å². The molecule has 0 aliphatic carbocycles. The summed E-state index contributed by atoms with van der Waals surface area (Å²) in [6.45, 7) is 2.63. The summed E-state index contributed by atoms with van der Waals surface area (Å²) >= 11 is 0. The number of nitrogens with one attached hydrogen (secondary N) is 1. The van der Waals surface area contributed by atoms with E-state index in [0.29, 0.717) is 30.1 Å². The molecule has 1 fully saturated rings. The number of nitrogens with zero attached hydrogens (tertiary/aromatic N) is 3. The number of rotatable bonds is 4. The third-order valence-electron chi connectivity index (χ3n) is 3.91. The Morgan fingerprint density at radius 3 is 3.05 bits per heavy atom. The third kappa shape index (κ3) is 3.31. The zero-order valence-electron chi connectivity index (χ0n) is 12.4. The van der Waals surface area contributed by atoms with Crippen molar-refractivity contribution in [1.29, 1.82) is 0 Å². The predicted molar refractivity (Wildman–Crippen MR) is 76.3 cm³/mol. The van der Waals surface area contributed by atoms with E-state index in [1.54, 1.807) is 0 Å². The second kappa shape index (κ2) is 6.50. The van der Waals surface area contributed by atoms with Crippen molar-refractivity contribution in [3.8, 4) is 0 Å². The maximum atomic E-state index is 13.6. The van der Waals surface area contributed by atoms with E-state index in [1.165, 1.54) is 6.07 Å². The van der Waals surface area contributed by atoms with E-state index in [2.05, 4.69) is 20.4 Å². The van der Waals surface area contributed by atoms with Gasteiger partial charge in [-0.3, -0.25) is 4.90 Å². The van der Waals surface area contributed by atoms with Crippen LogP contribution in [0, 0.1) is 11.6 Å². The molecule has 1 aliphatic heterocycles. The number of aromatic nitrogens is 2. The molecule has 0 bridgehead atoms. The van der Waals surface area contributed by atoms with Gasteiger partial charge in [0.05, 0.1) is 6.04 Å². The van der Waals surface area contributed by atoms with Gasteiger partial charge in [-0.2, -0.15) is 4.98 Å². The molecule has 1 aliphatic rings. The van der Waals surface area contributed by atoms with Crippen molar-refractivity contribution in [2.45, 2.75) is 18.9 Å². The number of benzene rings is 1. The van der Waals surface area contributed by atoms with Crippen LogP contribution in [0.15, 0.2) is 22.7 Å². The predicted octanol–water partition coefficient (Wildman–Crippen LogP) is 1.71. The first-order chi connectivity index (χ1) is 10.6. The standard InChI is InChI=1S/C15H18F2N4O/c1-21-7-6-18-9-13(21)15-19-14(22-20-15)5-2-10-8-11(16)3-4-12(10)17/h3-4,8,13,18H,2,5-7,9H2,1H3. The molecule has 1 N–H and O–H groups in total. The van der Waals surface area contributed by atoms with E-state index in [-0.39, 0.29) is 6.04 Å². The number of likely N-dealkylation sites (N-methyl/N-ethyl adjacent to an activating group) is 1. The molecule has 22 heavy (non-hydrogen) atoms. The summed E-state index contributed by atoms with van der Waals surface area (Å²) in [6.07, 6.45) is 0.710. The van der Waals surface area contributed by atoms with E-state index >= 15 is 0 Å². The molecule has 1 atom stereocenters. The molecular formula is C15H18F2N4O. The Morgan fingerprint density at radius 1 is 1.36 bits per heavy atom. The Kier molecular flexibility index (Phi) is 4.44. The number of hydrogen-bond donors (Lipinski definition) is 1. The Bertz CT molecular complexity index is 646. The largest absolute Gasteiger partial charge is 0.339 e. The normalized spacial score (nSPS) is 19.5. The Labute approximate surface area is 127 Å². The molecule has 1 unspecified atom stereocenters.